The van der Waals surface area contributed by atoms with E-state index in [0.29, 0.717) is 49.4 Å². The van der Waals surface area contributed by atoms with Crippen LogP contribution in [0.2, 0.25) is 0 Å². The number of piperidine rings is 1. The van der Waals surface area contributed by atoms with E-state index in [0.717, 1.165) is 5.56 Å². The zero-order valence-electron chi connectivity index (χ0n) is 18.9. The van der Waals surface area contributed by atoms with Gasteiger partial charge >= 0.3 is 5.97 Å². The maximum Gasteiger partial charge on any atom is 0.341 e. The Morgan fingerprint density at radius 1 is 1.00 bits per heavy atom. The summed E-state index contributed by atoms with van der Waals surface area (Å²) in [6, 6.07) is 16.4. The van der Waals surface area contributed by atoms with Crippen LogP contribution in [0.3, 0.4) is 0 Å². The van der Waals surface area contributed by atoms with Gasteiger partial charge in [-0.3, -0.25) is 4.79 Å². The van der Waals surface area contributed by atoms with Crippen molar-refractivity contribution in [1.29, 1.82) is 0 Å². The molecular formula is C26H24FN5O3. The standard InChI is InChI=1S/C26H24FN5O3/c27-22-9-5-4-8-19(22)18-10-12-31(13-11-18)25(33)20-15-29-24-21(26(34)35)16-30-32(24)23(20)28-14-17-6-2-1-3-7-17/h1-9,15-16,18,28H,10-14H2,(H,34,35). The second kappa shape index (κ2) is 9.54. The number of amides is 1. The molecule has 0 aliphatic carbocycles. The minimum absolute atomic E-state index is 0.0440. The van der Waals surface area contributed by atoms with Crippen molar-refractivity contribution in [2.75, 3.05) is 18.4 Å². The molecule has 4 aromatic rings. The highest BCUT2D eigenvalue weighted by molar-refractivity contribution is 6.00. The molecule has 2 aromatic heterocycles. The molecule has 2 N–H and O–H groups in total. The molecule has 1 fully saturated rings. The highest BCUT2D eigenvalue weighted by Crippen LogP contribution is 2.31. The van der Waals surface area contributed by atoms with Gasteiger partial charge in [-0.2, -0.15) is 9.61 Å². The third kappa shape index (κ3) is 4.44. The molecule has 1 aliphatic rings. The second-order valence-corrected chi connectivity index (χ2v) is 8.55. The van der Waals surface area contributed by atoms with Crippen molar-refractivity contribution in [3.05, 3.63) is 95.1 Å². The molecule has 1 saturated heterocycles. The van der Waals surface area contributed by atoms with Crippen LogP contribution in [0.1, 0.15) is 50.6 Å². The van der Waals surface area contributed by atoms with Gasteiger partial charge in [0.1, 0.15) is 22.8 Å². The molecule has 0 bridgehead atoms. The zero-order chi connectivity index (χ0) is 24.4. The van der Waals surface area contributed by atoms with Crippen LogP contribution in [-0.2, 0) is 6.54 Å². The van der Waals surface area contributed by atoms with E-state index < -0.39 is 5.97 Å². The summed E-state index contributed by atoms with van der Waals surface area (Å²) < 4.78 is 15.6. The number of carbonyl (C=O) groups excluding carboxylic acids is 1. The summed E-state index contributed by atoms with van der Waals surface area (Å²) in [6.07, 6.45) is 3.94. The lowest BCUT2D eigenvalue weighted by molar-refractivity contribution is 0.0695. The van der Waals surface area contributed by atoms with Gasteiger partial charge in [-0.1, -0.05) is 48.5 Å². The Kier molecular flexibility index (Phi) is 6.13. The van der Waals surface area contributed by atoms with Gasteiger partial charge in [-0.05, 0) is 36.0 Å². The molecule has 0 spiro atoms. The number of hydrogen-bond donors (Lipinski definition) is 2. The van der Waals surface area contributed by atoms with Gasteiger partial charge < -0.3 is 15.3 Å². The van der Waals surface area contributed by atoms with Gasteiger partial charge in [-0.15, -0.1) is 0 Å². The van der Waals surface area contributed by atoms with Gasteiger partial charge in [0.25, 0.3) is 5.91 Å². The monoisotopic (exact) mass is 473 g/mol. The molecule has 0 radical (unpaired) electrons. The van der Waals surface area contributed by atoms with Crippen molar-refractivity contribution in [3.63, 3.8) is 0 Å². The van der Waals surface area contributed by atoms with E-state index in [9.17, 15) is 19.1 Å². The normalized spacial score (nSPS) is 14.3. The fourth-order valence-corrected chi connectivity index (χ4v) is 4.56. The first-order valence-electron chi connectivity index (χ1n) is 11.4. The molecule has 5 rings (SSSR count). The first-order valence-corrected chi connectivity index (χ1v) is 11.4. The van der Waals surface area contributed by atoms with Crippen LogP contribution in [0.4, 0.5) is 10.2 Å². The molecule has 2 aromatic carbocycles. The summed E-state index contributed by atoms with van der Waals surface area (Å²) in [5.41, 5.74) is 2.09. The molecule has 1 aliphatic heterocycles. The van der Waals surface area contributed by atoms with Crippen LogP contribution in [0.5, 0.6) is 0 Å². The number of carbonyl (C=O) groups is 2. The second-order valence-electron chi connectivity index (χ2n) is 8.55. The quantitative estimate of drug-likeness (QED) is 0.436. The Balaban J connectivity index is 1.42. The minimum atomic E-state index is -1.14. The number of halogens is 1. The van der Waals surface area contributed by atoms with Crippen LogP contribution in [0.15, 0.2) is 67.0 Å². The van der Waals surface area contributed by atoms with E-state index in [1.807, 2.05) is 36.4 Å². The Hall–Kier alpha value is -4.27. The van der Waals surface area contributed by atoms with E-state index >= 15 is 0 Å². The number of hydrogen-bond acceptors (Lipinski definition) is 5. The van der Waals surface area contributed by atoms with E-state index in [2.05, 4.69) is 15.4 Å². The van der Waals surface area contributed by atoms with E-state index in [1.54, 1.807) is 17.0 Å². The number of benzene rings is 2. The Bertz CT molecular complexity index is 1380. The smallest absolute Gasteiger partial charge is 0.341 e. The van der Waals surface area contributed by atoms with Crippen LogP contribution < -0.4 is 5.32 Å². The van der Waals surface area contributed by atoms with Crippen LogP contribution in [-0.4, -0.2) is 49.6 Å². The first kappa shape index (κ1) is 22.5. The number of fused-ring (bicyclic) bond motifs is 1. The van der Waals surface area contributed by atoms with E-state index in [4.69, 9.17) is 0 Å². The number of anilines is 1. The SMILES string of the molecule is O=C(O)c1cnn2c(NCc3ccccc3)c(C(=O)N3CCC(c4ccccc4F)CC3)cnc12. The maximum atomic E-state index is 14.2. The molecule has 1 amide bonds. The van der Waals surface area contributed by atoms with Gasteiger partial charge in [-0.25, -0.2) is 14.2 Å². The van der Waals surface area contributed by atoms with Gasteiger partial charge in [0.2, 0.25) is 0 Å². The number of likely N-dealkylation sites (tertiary alicyclic amines) is 1. The molecule has 0 unspecified atom stereocenters. The van der Waals surface area contributed by atoms with Gasteiger partial charge in [0.05, 0.1) is 6.20 Å². The van der Waals surface area contributed by atoms with Crippen LogP contribution >= 0.6 is 0 Å². The van der Waals surface area contributed by atoms with Gasteiger partial charge in [0.15, 0.2) is 5.65 Å². The highest BCUT2D eigenvalue weighted by atomic mass is 19.1. The highest BCUT2D eigenvalue weighted by Gasteiger charge is 2.29. The zero-order valence-corrected chi connectivity index (χ0v) is 18.9. The lowest BCUT2D eigenvalue weighted by atomic mass is 9.89. The predicted octanol–water partition coefficient (Wildman–Crippen LogP) is 4.20. The minimum Gasteiger partial charge on any atom is -0.477 e. The molecule has 178 valence electrons. The Morgan fingerprint density at radius 3 is 2.43 bits per heavy atom. The fourth-order valence-electron chi connectivity index (χ4n) is 4.56. The Morgan fingerprint density at radius 2 is 1.71 bits per heavy atom. The number of aromatic carboxylic acids is 1. The summed E-state index contributed by atoms with van der Waals surface area (Å²) >= 11 is 0. The largest absolute Gasteiger partial charge is 0.477 e. The van der Waals surface area contributed by atoms with Crippen molar-refractivity contribution < 1.29 is 19.1 Å². The summed E-state index contributed by atoms with van der Waals surface area (Å²) in [7, 11) is 0. The number of aromatic nitrogens is 3. The summed E-state index contributed by atoms with van der Waals surface area (Å²) in [5, 5.41) is 16.9. The molecule has 3 heterocycles. The van der Waals surface area contributed by atoms with Crippen LogP contribution in [0, 0.1) is 5.82 Å². The molecule has 35 heavy (non-hydrogen) atoms. The number of nitrogens with one attached hydrogen (secondary N) is 1. The number of nitrogens with zero attached hydrogens (tertiary/aromatic N) is 4. The summed E-state index contributed by atoms with van der Waals surface area (Å²) in [4.78, 5) is 31.1. The van der Waals surface area contributed by atoms with Crippen molar-refractivity contribution in [3.8, 4) is 0 Å². The number of carboxylic acids is 1. The first-order chi connectivity index (χ1) is 17.0. The average Bonchev–Trinajstić information content (AvgIpc) is 3.33. The van der Waals surface area contributed by atoms with E-state index in [-0.39, 0.29) is 28.9 Å². The molecule has 8 nitrogen and oxygen atoms in total. The van der Waals surface area contributed by atoms with Crippen LogP contribution in [0.25, 0.3) is 5.65 Å². The topological polar surface area (TPSA) is 99.8 Å². The maximum absolute atomic E-state index is 14.2. The third-order valence-electron chi connectivity index (χ3n) is 6.42. The summed E-state index contributed by atoms with van der Waals surface area (Å²) in [6.45, 7) is 1.37. The fraction of sp³-hybridized carbons (Fsp3) is 0.231. The number of carboxylic acid groups (broad SMARTS) is 1. The lowest BCUT2D eigenvalue weighted by Gasteiger charge is -2.32. The molecule has 0 saturated carbocycles. The average molecular weight is 474 g/mol. The van der Waals surface area contributed by atoms with Crippen molar-refractivity contribution in [2.45, 2.75) is 25.3 Å². The molecule has 0 atom stereocenters. The van der Waals surface area contributed by atoms with Gasteiger partial charge in [0, 0.05) is 25.8 Å². The molecular weight excluding hydrogens is 449 g/mol. The van der Waals surface area contributed by atoms with Crippen molar-refractivity contribution >= 4 is 23.3 Å². The third-order valence-corrected chi connectivity index (χ3v) is 6.42. The Labute approximate surface area is 201 Å². The van der Waals surface area contributed by atoms with Crippen molar-refractivity contribution in [1.82, 2.24) is 19.5 Å². The molecule has 9 heteroatoms. The lowest BCUT2D eigenvalue weighted by Crippen LogP contribution is -2.38. The van der Waals surface area contributed by atoms with E-state index in [1.165, 1.54) is 23.0 Å². The summed E-state index contributed by atoms with van der Waals surface area (Å²) in [5.74, 6) is -1.15. The number of rotatable bonds is 6. The van der Waals surface area contributed by atoms with Crippen molar-refractivity contribution in [2.24, 2.45) is 0 Å². The predicted molar refractivity (Wildman–Crippen MR) is 128 cm³/mol.